The summed E-state index contributed by atoms with van der Waals surface area (Å²) in [5, 5.41) is 0. The zero-order valence-electron chi connectivity index (χ0n) is 36.8. The molecule has 0 aliphatic carbocycles. The summed E-state index contributed by atoms with van der Waals surface area (Å²) >= 11 is 0. The van der Waals surface area contributed by atoms with Crippen molar-refractivity contribution in [1.29, 1.82) is 0 Å². The van der Waals surface area contributed by atoms with Gasteiger partial charge in [0.25, 0.3) is 0 Å². The van der Waals surface area contributed by atoms with E-state index in [1.807, 2.05) is 12.1 Å². The van der Waals surface area contributed by atoms with Gasteiger partial charge in [0, 0.05) is 0 Å². The summed E-state index contributed by atoms with van der Waals surface area (Å²) in [7, 11) is -3.91. The van der Waals surface area contributed by atoms with Gasteiger partial charge in [-0.15, -0.1) is 0 Å². The van der Waals surface area contributed by atoms with Crippen LogP contribution in [-0.2, 0) is 26.9 Å². The van der Waals surface area contributed by atoms with Crippen molar-refractivity contribution in [3.8, 4) is 0 Å². The third-order valence-corrected chi connectivity index (χ3v) is 21.4. The Balaban J connectivity index is 3.21. The van der Waals surface area contributed by atoms with E-state index in [9.17, 15) is 8.42 Å². The molecule has 0 atom stereocenters. The zero-order chi connectivity index (χ0) is 39.0. The Morgan fingerprint density at radius 2 is 0.736 bits per heavy atom. The molecular weight excluding hydrogens is 688 g/mol. The van der Waals surface area contributed by atoms with E-state index in [2.05, 4.69) is 47.6 Å². The van der Waals surface area contributed by atoms with E-state index in [-0.39, 0.29) is 0 Å². The third kappa shape index (κ3) is 21.6. The molecule has 5 heteroatoms. The predicted octanol–water partition coefficient (Wildman–Crippen LogP) is 16.8. The minimum absolute atomic E-state index is 0.514. The summed E-state index contributed by atoms with van der Waals surface area (Å²) < 4.78 is 37.0. The minimum Gasteiger partial charge on any atom is -0.0654 e. The van der Waals surface area contributed by atoms with E-state index in [0.717, 1.165) is 107 Å². The molecule has 1 rings (SSSR count). The van der Waals surface area contributed by atoms with Crippen LogP contribution in [0, 0.1) is 0 Å². The first-order chi connectivity index (χ1) is 25.8. The molecule has 0 bridgehead atoms. The second-order valence-corrected chi connectivity index (χ2v) is 24.6. The van der Waals surface area contributed by atoms with Crippen LogP contribution in [0.1, 0.15) is 245 Å². The molecule has 1 aromatic carbocycles. The molecule has 0 aliphatic rings. The monoisotopic (exact) mass is 781 g/mol. The standard InChI is InChI=1S/C48H93O3PS/c1-7-13-19-21-23-25-27-29-31-33-35-38-46-39-37-41-48(47(46)40-36-34-32-30-28-26-24-22-20-14-8-2)53(49,50)51-52(42-15-9-3,43-16-10-4,44-17-11-5)45-18-12-6/h37,39,41H,7-36,38,40,42-45H2,1-6H3. The maximum absolute atomic E-state index is 15.0. The molecule has 0 N–H and O–H groups in total. The Kier molecular flexibility index (Phi) is 30.2. The van der Waals surface area contributed by atoms with E-state index >= 15 is 0 Å². The molecule has 0 fully saturated rings. The van der Waals surface area contributed by atoms with Crippen LogP contribution < -0.4 is 0 Å². The summed E-state index contributed by atoms with van der Waals surface area (Å²) in [6.07, 6.45) is 43.3. The van der Waals surface area contributed by atoms with Gasteiger partial charge in [0.05, 0.1) is 0 Å². The number of hydrogen-bond acceptors (Lipinski definition) is 3. The second-order valence-electron chi connectivity index (χ2n) is 17.2. The molecule has 0 saturated carbocycles. The van der Waals surface area contributed by atoms with Crippen molar-refractivity contribution in [1.82, 2.24) is 0 Å². The van der Waals surface area contributed by atoms with Gasteiger partial charge in [-0.05, 0) is 0 Å². The first-order valence-corrected chi connectivity index (χ1v) is 28.1. The smallest absolute Gasteiger partial charge is 0.0654 e. The normalized spacial score (nSPS) is 13.1. The minimum atomic E-state index is -3.91. The summed E-state index contributed by atoms with van der Waals surface area (Å²) in [4.78, 5) is 0.514. The predicted molar refractivity (Wildman–Crippen MR) is 241 cm³/mol. The molecule has 0 amide bonds. The van der Waals surface area contributed by atoms with Gasteiger partial charge in [0.1, 0.15) is 0 Å². The molecule has 3 nitrogen and oxygen atoms in total. The van der Waals surface area contributed by atoms with Crippen molar-refractivity contribution in [3.05, 3.63) is 29.3 Å². The Morgan fingerprint density at radius 1 is 0.415 bits per heavy atom. The molecule has 314 valence electrons. The Bertz CT molecular complexity index is 1060. The summed E-state index contributed by atoms with van der Waals surface area (Å²) in [6, 6.07) is 6.18. The fourth-order valence-electron chi connectivity index (χ4n) is 8.68. The fraction of sp³-hybridized carbons (Fsp3) is 0.875. The molecule has 0 heterocycles. The van der Waals surface area contributed by atoms with Crippen molar-refractivity contribution in [3.63, 3.8) is 0 Å². The van der Waals surface area contributed by atoms with Gasteiger partial charge in [-0.2, -0.15) is 0 Å². The van der Waals surface area contributed by atoms with Gasteiger partial charge in [-0.1, -0.05) is 71.6 Å². The summed E-state index contributed by atoms with van der Waals surface area (Å²) in [6.45, 7) is 10.6. The average molecular weight is 781 g/mol. The molecule has 0 spiro atoms. The molecular formula is C48H93O3PS. The van der Waals surface area contributed by atoms with Crippen molar-refractivity contribution >= 4 is 16.9 Å². The van der Waals surface area contributed by atoms with Crippen LogP contribution >= 0.6 is 6.83 Å². The van der Waals surface area contributed by atoms with Crippen LogP contribution in [0.25, 0.3) is 0 Å². The van der Waals surface area contributed by atoms with E-state index in [1.54, 1.807) is 0 Å². The molecule has 53 heavy (non-hydrogen) atoms. The van der Waals surface area contributed by atoms with Crippen LogP contribution in [0.3, 0.4) is 0 Å². The number of benzene rings is 1. The molecule has 0 saturated heterocycles. The number of rotatable bonds is 39. The molecule has 0 unspecified atom stereocenters. The molecule has 0 aromatic heterocycles. The SMILES string of the molecule is CCCCCCCCCCCCCc1cccc(S(=O)(=O)OP(CCCC)(CCCC)(CCCC)CCCC)c1CCCCCCCCCCCCC. The quantitative estimate of drug-likeness (QED) is 0.0494. The fourth-order valence-corrected chi connectivity index (χ4v) is 19.0. The van der Waals surface area contributed by atoms with Crippen molar-refractivity contribution < 1.29 is 12.4 Å². The summed E-state index contributed by atoms with van der Waals surface area (Å²) in [5.41, 5.74) is 2.35. The van der Waals surface area contributed by atoms with Crippen LogP contribution in [0.2, 0.25) is 0 Å². The molecule has 1 aromatic rings. The number of aryl methyl sites for hydroxylation is 1. The van der Waals surface area contributed by atoms with Gasteiger partial charge in [0.2, 0.25) is 0 Å². The number of hydrogen-bond donors (Lipinski definition) is 0. The van der Waals surface area contributed by atoms with Gasteiger partial charge in [-0.3, -0.25) is 0 Å². The zero-order valence-corrected chi connectivity index (χ0v) is 38.5. The van der Waals surface area contributed by atoms with E-state index in [0.29, 0.717) is 4.90 Å². The van der Waals surface area contributed by atoms with Gasteiger partial charge >= 0.3 is 264 Å². The maximum atomic E-state index is 15.0. The first-order valence-electron chi connectivity index (χ1n) is 23.8. The first kappa shape index (κ1) is 50.6. The van der Waals surface area contributed by atoms with E-state index < -0.39 is 16.9 Å². The Labute approximate surface area is 333 Å². The van der Waals surface area contributed by atoms with E-state index in [1.165, 1.54) is 134 Å². The van der Waals surface area contributed by atoms with Crippen LogP contribution in [0.15, 0.2) is 23.1 Å². The van der Waals surface area contributed by atoms with Crippen molar-refractivity contribution in [2.45, 2.75) is 252 Å². The topological polar surface area (TPSA) is 43.4 Å². The van der Waals surface area contributed by atoms with Gasteiger partial charge in [0.15, 0.2) is 0 Å². The van der Waals surface area contributed by atoms with Crippen molar-refractivity contribution in [2.24, 2.45) is 0 Å². The molecule has 0 radical (unpaired) electrons. The van der Waals surface area contributed by atoms with Crippen molar-refractivity contribution in [2.75, 3.05) is 24.6 Å². The van der Waals surface area contributed by atoms with Crippen LogP contribution in [0.4, 0.5) is 0 Å². The second kappa shape index (κ2) is 31.6. The van der Waals surface area contributed by atoms with Gasteiger partial charge in [-0.25, -0.2) is 0 Å². The molecule has 0 aliphatic heterocycles. The van der Waals surface area contributed by atoms with E-state index in [4.69, 9.17) is 3.97 Å². The Morgan fingerprint density at radius 3 is 1.09 bits per heavy atom. The average Bonchev–Trinajstić information content (AvgIpc) is 3.16. The number of unbranched alkanes of at least 4 members (excludes halogenated alkanes) is 24. The van der Waals surface area contributed by atoms with Crippen LogP contribution in [0.5, 0.6) is 0 Å². The van der Waals surface area contributed by atoms with Gasteiger partial charge < -0.3 is 0 Å². The van der Waals surface area contributed by atoms with Crippen LogP contribution in [-0.4, -0.2) is 33.1 Å². The summed E-state index contributed by atoms with van der Waals surface area (Å²) in [5.74, 6) is 0. The Hall–Kier alpha value is -0.440. The third-order valence-electron chi connectivity index (χ3n) is 12.2.